The van der Waals surface area contributed by atoms with Crippen LogP contribution < -0.4 is 11.5 Å². The number of hydrogen-bond acceptors (Lipinski definition) is 4. The number of hydrogen-bond donors (Lipinski definition) is 3. The van der Waals surface area contributed by atoms with Gasteiger partial charge in [0.1, 0.15) is 0 Å². The molecular formula is C6H10ClN3OS. The van der Waals surface area contributed by atoms with Crippen molar-refractivity contribution in [1.29, 1.82) is 0 Å². The van der Waals surface area contributed by atoms with E-state index in [9.17, 15) is 0 Å². The van der Waals surface area contributed by atoms with Gasteiger partial charge in [0.2, 0.25) is 0 Å². The van der Waals surface area contributed by atoms with Crippen LogP contribution in [0.4, 0.5) is 0 Å². The Balaban J connectivity index is 0.00000121. The van der Waals surface area contributed by atoms with Crippen molar-refractivity contribution in [1.82, 2.24) is 0 Å². The minimum Gasteiger partial charge on any atom is -0.409 e. The lowest BCUT2D eigenvalue weighted by Gasteiger charge is -1.89. The molecular weight excluding hydrogens is 198 g/mol. The Morgan fingerprint density at radius 1 is 1.67 bits per heavy atom. The van der Waals surface area contributed by atoms with Gasteiger partial charge in [0, 0.05) is 22.4 Å². The molecule has 0 spiro atoms. The summed E-state index contributed by atoms with van der Waals surface area (Å²) in [6, 6.07) is 1.81. The SMILES string of the molecule is Cl.NCc1cc(C(N)=NO)cs1. The first-order valence-electron chi connectivity index (χ1n) is 3.03. The van der Waals surface area contributed by atoms with Gasteiger partial charge in [-0.05, 0) is 6.07 Å². The zero-order valence-corrected chi connectivity index (χ0v) is 7.86. The molecule has 12 heavy (non-hydrogen) atoms. The van der Waals surface area contributed by atoms with Gasteiger partial charge in [-0.15, -0.1) is 23.7 Å². The van der Waals surface area contributed by atoms with Crippen LogP contribution in [-0.2, 0) is 6.54 Å². The van der Waals surface area contributed by atoms with Gasteiger partial charge >= 0.3 is 0 Å². The van der Waals surface area contributed by atoms with E-state index in [4.69, 9.17) is 16.7 Å². The summed E-state index contributed by atoms with van der Waals surface area (Å²) in [4.78, 5) is 1.02. The highest BCUT2D eigenvalue weighted by atomic mass is 35.5. The molecule has 1 aromatic rings. The van der Waals surface area contributed by atoms with E-state index >= 15 is 0 Å². The second-order valence-corrected chi connectivity index (χ2v) is 2.99. The fraction of sp³-hybridized carbons (Fsp3) is 0.167. The van der Waals surface area contributed by atoms with Crippen molar-refractivity contribution in [3.8, 4) is 0 Å². The zero-order valence-electron chi connectivity index (χ0n) is 6.23. The van der Waals surface area contributed by atoms with Gasteiger partial charge < -0.3 is 16.7 Å². The summed E-state index contributed by atoms with van der Waals surface area (Å²) in [5.41, 5.74) is 11.4. The van der Waals surface area contributed by atoms with Crippen molar-refractivity contribution < 1.29 is 5.21 Å². The molecule has 0 bridgehead atoms. The number of thiophene rings is 1. The molecule has 4 nitrogen and oxygen atoms in total. The largest absolute Gasteiger partial charge is 0.409 e. The Morgan fingerprint density at radius 2 is 2.33 bits per heavy atom. The highest BCUT2D eigenvalue weighted by molar-refractivity contribution is 7.10. The summed E-state index contributed by atoms with van der Waals surface area (Å²) < 4.78 is 0. The molecule has 0 aliphatic heterocycles. The number of amidine groups is 1. The molecule has 0 aliphatic rings. The maximum Gasteiger partial charge on any atom is 0.170 e. The van der Waals surface area contributed by atoms with E-state index in [-0.39, 0.29) is 18.2 Å². The Labute approximate surface area is 80.3 Å². The molecule has 0 amide bonds. The highest BCUT2D eigenvalue weighted by Gasteiger charge is 2.01. The number of halogens is 1. The average molecular weight is 208 g/mol. The fourth-order valence-corrected chi connectivity index (χ4v) is 1.44. The van der Waals surface area contributed by atoms with Crippen molar-refractivity contribution in [2.24, 2.45) is 16.6 Å². The Morgan fingerprint density at radius 3 is 2.75 bits per heavy atom. The molecule has 0 fully saturated rings. The molecule has 6 heteroatoms. The van der Waals surface area contributed by atoms with Crippen LogP contribution >= 0.6 is 23.7 Å². The first-order valence-corrected chi connectivity index (χ1v) is 3.91. The number of rotatable bonds is 2. The number of oxime groups is 1. The van der Waals surface area contributed by atoms with Crippen molar-refractivity contribution in [2.45, 2.75) is 6.54 Å². The predicted octanol–water partition coefficient (Wildman–Crippen LogP) is 0.723. The number of nitrogens with zero attached hydrogens (tertiary/aromatic N) is 1. The van der Waals surface area contributed by atoms with Crippen LogP contribution in [0, 0.1) is 0 Å². The van der Waals surface area contributed by atoms with E-state index in [1.165, 1.54) is 11.3 Å². The second-order valence-electron chi connectivity index (χ2n) is 1.99. The van der Waals surface area contributed by atoms with Gasteiger partial charge in [-0.3, -0.25) is 0 Å². The molecule has 0 saturated carbocycles. The zero-order chi connectivity index (χ0) is 8.27. The summed E-state index contributed by atoms with van der Waals surface area (Å²) in [7, 11) is 0. The van der Waals surface area contributed by atoms with Crippen LogP contribution in [0.3, 0.4) is 0 Å². The minimum atomic E-state index is 0. The first-order chi connectivity index (χ1) is 5.27. The highest BCUT2D eigenvalue weighted by Crippen LogP contribution is 2.13. The molecule has 0 aromatic carbocycles. The third-order valence-electron chi connectivity index (χ3n) is 1.26. The van der Waals surface area contributed by atoms with Crippen LogP contribution in [0.5, 0.6) is 0 Å². The first kappa shape index (κ1) is 11.2. The molecule has 1 aromatic heterocycles. The Hall–Kier alpha value is -0.780. The van der Waals surface area contributed by atoms with Crippen LogP contribution in [0.2, 0.25) is 0 Å². The molecule has 0 radical (unpaired) electrons. The van der Waals surface area contributed by atoms with Gasteiger partial charge in [-0.1, -0.05) is 5.16 Å². The van der Waals surface area contributed by atoms with Gasteiger partial charge in [0.05, 0.1) is 0 Å². The van der Waals surface area contributed by atoms with E-state index in [2.05, 4.69) is 5.16 Å². The standard InChI is InChI=1S/C6H9N3OS.ClH/c7-2-5-1-4(3-11-5)6(8)9-10;/h1,3,10H,2,7H2,(H2,8,9);1H. The fourth-order valence-electron chi connectivity index (χ4n) is 0.680. The molecule has 0 aliphatic carbocycles. The number of nitrogens with two attached hydrogens (primary N) is 2. The molecule has 5 N–H and O–H groups in total. The van der Waals surface area contributed by atoms with Crippen LogP contribution in [0.1, 0.15) is 10.4 Å². The Kier molecular flexibility index (Phi) is 4.65. The van der Waals surface area contributed by atoms with Gasteiger partial charge in [-0.2, -0.15) is 0 Å². The van der Waals surface area contributed by atoms with Crippen LogP contribution in [-0.4, -0.2) is 11.0 Å². The normalized spacial score (nSPS) is 10.9. The van der Waals surface area contributed by atoms with E-state index in [1.54, 1.807) is 11.4 Å². The third-order valence-corrected chi connectivity index (χ3v) is 2.22. The van der Waals surface area contributed by atoms with Gasteiger partial charge in [0.15, 0.2) is 5.84 Å². The van der Waals surface area contributed by atoms with Crippen LogP contribution in [0.25, 0.3) is 0 Å². The maximum atomic E-state index is 8.31. The van der Waals surface area contributed by atoms with E-state index in [1.807, 2.05) is 0 Å². The van der Waals surface area contributed by atoms with Crippen molar-refractivity contribution >= 4 is 29.6 Å². The van der Waals surface area contributed by atoms with Crippen molar-refractivity contribution in [3.05, 3.63) is 21.9 Å². The topological polar surface area (TPSA) is 84.6 Å². The van der Waals surface area contributed by atoms with E-state index in [0.717, 1.165) is 10.4 Å². The summed E-state index contributed by atoms with van der Waals surface area (Å²) in [5.74, 6) is 0.126. The summed E-state index contributed by atoms with van der Waals surface area (Å²) in [6.07, 6.45) is 0. The van der Waals surface area contributed by atoms with Gasteiger partial charge in [-0.25, -0.2) is 0 Å². The third kappa shape index (κ3) is 2.37. The lowest BCUT2D eigenvalue weighted by molar-refractivity contribution is 0.318. The summed E-state index contributed by atoms with van der Waals surface area (Å²) in [6.45, 7) is 0.489. The quantitative estimate of drug-likeness (QED) is 0.289. The Bertz CT molecular complexity index is 274. The molecule has 1 rings (SSSR count). The molecule has 0 unspecified atom stereocenters. The lowest BCUT2D eigenvalue weighted by atomic mass is 10.3. The molecule has 0 atom stereocenters. The van der Waals surface area contributed by atoms with Crippen molar-refractivity contribution in [2.75, 3.05) is 0 Å². The van der Waals surface area contributed by atoms with Crippen LogP contribution in [0.15, 0.2) is 16.6 Å². The second kappa shape index (κ2) is 4.97. The monoisotopic (exact) mass is 207 g/mol. The maximum absolute atomic E-state index is 8.31. The van der Waals surface area contributed by atoms with E-state index < -0.39 is 0 Å². The van der Waals surface area contributed by atoms with E-state index in [0.29, 0.717) is 6.54 Å². The summed E-state index contributed by atoms with van der Waals surface area (Å²) >= 11 is 1.50. The molecule has 0 saturated heterocycles. The van der Waals surface area contributed by atoms with Gasteiger partial charge in [0.25, 0.3) is 0 Å². The predicted molar refractivity (Wildman–Crippen MR) is 52.0 cm³/mol. The lowest BCUT2D eigenvalue weighted by Crippen LogP contribution is -2.11. The summed E-state index contributed by atoms with van der Waals surface area (Å²) in [5, 5.41) is 13.0. The average Bonchev–Trinajstić information content (AvgIpc) is 2.50. The van der Waals surface area contributed by atoms with Crippen molar-refractivity contribution in [3.63, 3.8) is 0 Å². The molecule has 68 valence electrons. The minimum absolute atomic E-state index is 0. The smallest absolute Gasteiger partial charge is 0.170 e. The molecule has 1 heterocycles.